The van der Waals surface area contributed by atoms with Crippen LogP contribution in [0.15, 0.2) is 42.7 Å². The van der Waals surface area contributed by atoms with Gasteiger partial charge >= 0.3 is 0 Å². The van der Waals surface area contributed by atoms with Crippen molar-refractivity contribution in [3.05, 3.63) is 54.1 Å². The van der Waals surface area contributed by atoms with E-state index in [2.05, 4.69) is 41.3 Å². The lowest BCUT2D eigenvalue weighted by molar-refractivity contribution is 0.206. The smallest absolute Gasteiger partial charge is 0.158 e. The van der Waals surface area contributed by atoms with Gasteiger partial charge < -0.3 is 10.3 Å². The largest absolute Gasteiger partial charge is 0.345 e. The van der Waals surface area contributed by atoms with E-state index in [1.165, 1.54) is 37.6 Å². The molecule has 1 aliphatic carbocycles. The number of imidazole rings is 1. The summed E-state index contributed by atoms with van der Waals surface area (Å²) in [6.07, 6.45) is 6.61. The van der Waals surface area contributed by atoms with E-state index in [-0.39, 0.29) is 30.6 Å². The molecule has 3 aromatic rings. The van der Waals surface area contributed by atoms with Gasteiger partial charge in [0.1, 0.15) is 5.52 Å². The van der Waals surface area contributed by atoms with Crippen molar-refractivity contribution in [2.45, 2.75) is 52.1 Å². The Hall–Kier alpha value is -1.62. The second-order valence-corrected chi connectivity index (χ2v) is 8.24. The van der Waals surface area contributed by atoms with Gasteiger partial charge in [-0.25, -0.2) is 9.37 Å². The monoisotopic (exact) mass is 423 g/mol. The Morgan fingerprint density at radius 1 is 1.07 bits per heavy atom. The lowest BCUT2D eigenvalue weighted by Crippen LogP contribution is -2.35. The molecule has 152 valence electrons. The quantitative estimate of drug-likeness (QED) is 0.518. The molecule has 0 unspecified atom stereocenters. The van der Waals surface area contributed by atoms with Crippen LogP contribution in [0.5, 0.6) is 0 Å². The summed E-state index contributed by atoms with van der Waals surface area (Å²) in [5.74, 6) is -0.264. The van der Waals surface area contributed by atoms with E-state index in [1.54, 1.807) is 0 Å². The first-order chi connectivity index (χ1) is 12.5. The average Bonchev–Trinajstić information content (AvgIpc) is 3.12. The fourth-order valence-electron chi connectivity index (χ4n) is 3.86. The Kier molecular flexibility index (Phi) is 7.49. The molecule has 4 rings (SSSR count). The lowest BCUT2D eigenvalue weighted by atomic mass is 9.75. The molecule has 0 atom stereocenters. The molecule has 0 aliphatic heterocycles. The van der Waals surface area contributed by atoms with Gasteiger partial charge in [0.2, 0.25) is 0 Å². The molecule has 1 aromatic heterocycles. The van der Waals surface area contributed by atoms with Gasteiger partial charge in [-0.1, -0.05) is 38.1 Å². The third kappa shape index (κ3) is 4.86. The van der Waals surface area contributed by atoms with Crippen LogP contribution >= 0.6 is 24.8 Å². The Balaban J connectivity index is 0.00000140. The summed E-state index contributed by atoms with van der Waals surface area (Å²) in [7, 11) is 0. The number of benzene rings is 2. The molecule has 28 heavy (non-hydrogen) atoms. The van der Waals surface area contributed by atoms with E-state index in [9.17, 15) is 4.39 Å². The first-order valence-corrected chi connectivity index (χ1v) is 9.46. The summed E-state index contributed by atoms with van der Waals surface area (Å²) < 4.78 is 14.6. The fraction of sp³-hybridized carbons (Fsp3) is 0.409. The van der Waals surface area contributed by atoms with E-state index < -0.39 is 0 Å². The number of nitrogens with one attached hydrogen (secondary N) is 2. The molecule has 1 heterocycles. The maximum atomic E-state index is 14.6. The van der Waals surface area contributed by atoms with Gasteiger partial charge in [0.05, 0.1) is 11.8 Å². The van der Waals surface area contributed by atoms with Crippen molar-refractivity contribution in [2.75, 3.05) is 0 Å². The Bertz CT molecular complexity index is 896. The third-order valence-corrected chi connectivity index (χ3v) is 5.73. The molecule has 2 aromatic carbocycles. The van der Waals surface area contributed by atoms with E-state index in [1.807, 2.05) is 24.3 Å². The van der Waals surface area contributed by atoms with Crippen LogP contribution in [0.4, 0.5) is 4.39 Å². The number of hydrogen-bond donors (Lipinski definition) is 2. The molecule has 0 bridgehead atoms. The maximum absolute atomic E-state index is 14.6. The van der Waals surface area contributed by atoms with Crippen molar-refractivity contribution in [1.29, 1.82) is 0 Å². The summed E-state index contributed by atoms with van der Waals surface area (Å²) in [4.78, 5) is 7.01. The van der Waals surface area contributed by atoms with Crippen LogP contribution in [0.3, 0.4) is 0 Å². The van der Waals surface area contributed by atoms with Crippen LogP contribution in [0, 0.1) is 11.2 Å². The number of nitrogens with zero attached hydrogens (tertiary/aromatic N) is 1. The van der Waals surface area contributed by atoms with Crippen molar-refractivity contribution in [1.82, 2.24) is 15.3 Å². The zero-order valence-corrected chi connectivity index (χ0v) is 17.9. The summed E-state index contributed by atoms with van der Waals surface area (Å²) >= 11 is 0. The number of fused-ring (bicyclic) bond motifs is 1. The number of aromatic nitrogens is 2. The zero-order valence-electron chi connectivity index (χ0n) is 16.3. The predicted octanol–water partition coefficient (Wildman–Crippen LogP) is 6.27. The van der Waals surface area contributed by atoms with Crippen LogP contribution in [0.25, 0.3) is 22.2 Å². The fourth-order valence-corrected chi connectivity index (χ4v) is 3.86. The van der Waals surface area contributed by atoms with Crippen LogP contribution < -0.4 is 5.32 Å². The second-order valence-electron chi connectivity index (χ2n) is 8.24. The SMILES string of the molecule is CC1(C)CCC(NCc2ccc(-c3ccc4[nH]cnc4c3F)cc2)CC1.Cl.Cl. The van der Waals surface area contributed by atoms with Crippen molar-refractivity contribution in [3.63, 3.8) is 0 Å². The van der Waals surface area contributed by atoms with Gasteiger partial charge in [-0.2, -0.15) is 0 Å². The number of H-pyrrole nitrogens is 1. The summed E-state index contributed by atoms with van der Waals surface area (Å²) in [5.41, 5.74) is 4.34. The standard InChI is InChI=1S/C22H26FN3.2ClH/c1-22(2)11-9-17(10-12-22)24-13-15-3-5-16(6-4-15)18-7-8-19-21(20(18)23)26-14-25-19;;/h3-8,14,17,24H,9-13H2,1-2H3,(H,25,26);2*1H. The topological polar surface area (TPSA) is 40.7 Å². The highest BCUT2D eigenvalue weighted by molar-refractivity contribution is 5.85. The number of halogens is 3. The van der Waals surface area contributed by atoms with Crippen LogP contribution in [-0.2, 0) is 6.54 Å². The molecule has 0 saturated heterocycles. The highest BCUT2D eigenvalue weighted by Crippen LogP contribution is 2.35. The van der Waals surface area contributed by atoms with Crippen LogP contribution in [-0.4, -0.2) is 16.0 Å². The molecule has 1 fully saturated rings. The Morgan fingerprint density at radius 2 is 1.75 bits per heavy atom. The first kappa shape index (κ1) is 22.7. The molecule has 0 amide bonds. The lowest BCUT2D eigenvalue weighted by Gasteiger charge is -2.34. The van der Waals surface area contributed by atoms with Gasteiger partial charge in [-0.05, 0) is 54.4 Å². The summed E-state index contributed by atoms with van der Waals surface area (Å²) in [6.45, 7) is 5.59. The van der Waals surface area contributed by atoms with Gasteiger partial charge in [0.15, 0.2) is 5.82 Å². The molecule has 0 radical (unpaired) electrons. The second kappa shape index (κ2) is 9.25. The van der Waals surface area contributed by atoms with Crippen LogP contribution in [0.2, 0.25) is 0 Å². The highest BCUT2D eigenvalue weighted by atomic mass is 35.5. The van der Waals surface area contributed by atoms with Crippen molar-refractivity contribution >= 4 is 35.8 Å². The molecular formula is C22H28Cl2FN3. The summed E-state index contributed by atoms with van der Waals surface area (Å²) in [5, 5.41) is 3.68. The molecule has 1 aliphatic rings. The molecule has 6 heteroatoms. The van der Waals surface area contributed by atoms with Crippen molar-refractivity contribution in [3.8, 4) is 11.1 Å². The molecule has 3 nitrogen and oxygen atoms in total. The van der Waals surface area contributed by atoms with Gasteiger partial charge in [0.25, 0.3) is 0 Å². The minimum Gasteiger partial charge on any atom is -0.345 e. The van der Waals surface area contributed by atoms with Gasteiger partial charge in [-0.15, -0.1) is 24.8 Å². The van der Waals surface area contributed by atoms with E-state index in [0.29, 0.717) is 22.5 Å². The molecular weight excluding hydrogens is 396 g/mol. The average molecular weight is 424 g/mol. The molecule has 2 N–H and O–H groups in total. The number of aromatic amines is 1. The molecule has 1 saturated carbocycles. The predicted molar refractivity (Wildman–Crippen MR) is 119 cm³/mol. The van der Waals surface area contributed by atoms with E-state index in [4.69, 9.17) is 0 Å². The van der Waals surface area contributed by atoms with E-state index in [0.717, 1.165) is 17.6 Å². The van der Waals surface area contributed by atoms with Crippen molar-refractivity contribution in [2.24, 2.45) is 5.41 Å². The normalized spacial score (nSPS) is 16.4. The number of rotatable bonds is 4. The Morgan fingerprint density at radius 3 is 2.43 bits per heavy atom. The Labute approximate surface area is 178 Å². The van der Waals surface area contributed by atoms with Gasteiger partial charge in [0, 0.05) is 18.2 Å². The highest BCUT2D eigenvalue weighted by Gasteiger charge is 2.26. The zero-order chi connectivity index (χ0) is 18.1. The first-order valence-electron chi connectivity index (χ1n) is 9.46. The molecule has 0 spiro atoms. The van der Waals surface area contributed by atoms with Gasteiger partial charge in [-0.3, -0.25) is 0 Å². The summed E-state index contributed by atoms with van der Waals surface area (Å²) in [6, 6.07) is 12.5. The minimum atomic E-state index is -0.264. The third-order valence-electron chi connectivity index (χ3n) is 5.73. The van der Waals surface area contributed by atoms with E-state index >= 15 is 0 Å². The van der Waals surface area contributed by atoms with Crippen molar-refractivity contribution < 1.29 is 4.39 Å². The number of hydrogen-bond acceptors (Lipinski definition) is 2. The van der Waals surface area contributed by atoms with Crippen LogP contribution in [0.1, 0.15) is 45.1 Å². The minimum absolute atomic E-state index is 0. The maximum Gasteiger partial charge on any atom is 0.158 e.